The molecule has 0 aliphatic carbocycles. The number of hydrogen-bond acceptors (Lipinski definition) is 9. The molecule has 0 aliphatic heterocycles. The van der Waals surface area contributed by atoms with Gasteiger partial charge in [-0.3, -0.25) is 10.1 Å². The van der Waals surface area contributed by atoms with Gasteiger partial charge in [-0.25, -0.2) is 0 Å². The summed E-state index contributed by atoms with van der Waals surface area (Å²) in [7, 11) is 3.09. The first-order valence-electron chi connectivity index (χ1n) is 10.5. The number of halogens is 1. The van der Waals surface area contributed by atoms with Gasteiger partial charge in [0, 0.05) is 0 Å². The second-order valence-electron chi connectivity index (χ2n) is 6.86. The molecule has 2 aromatic carbocycles. The Labute approximate surface area is 215 Å². The van der Waals surface area contributed by atoms with Gasteiger partial charge in [0.1, 0.15) is 29.9 Å². The number of aromatic nitrogens is 2. The number of nitrogens with zero attached hydrogens (tertiary/aromatic N) is 3. The van der Waals surface area contributed by atoms with Crippen LogP contribution in [0.15, 0.2) is 46.4 Å². The van der Waals surface area contributed by atoms with Crippen molar-refractivity contribution in [1.82, 2.24) is 10.2 Å². The molecule has 35 heavy (non-hydrogen) atoms. The number of hydrogen-bond donors (Lipinski definition) is 1. The van der Waals surface area contributed by atoms with Crippen LogP contribution in [0.1, 0.15) is 17.5 Å². The zero-order chi connectivity index (χ0) is 25.2. The van der Waals surface area contributed by atoms with Gasteiger partial charge in [-0.05, 0) is 58.3 Å². The number of para-hydroxylation sites is 2. The van der Waals surface area contributed by atoms with Crippen LogP contribution in [0.5, 0.6) is 23.0 Å². The number of rotatable bonds is 11. The molecule has 11 heteroatoms. The molecule has 1 heterocycles. The first-order chi connectivity index (χ1) is 17.0. The van der Waals surface area contributed by atoms with Crippen LogP contribution in [-0.2, 0) is 11.2 Å². The van der Waals surface area contributed by atoms with E-state index in [1.807, 2.05) is 37.3 Å². The summed E-state index contributed by atoms with van der Waals surface area (Å²) in [4.78, 5) is 12.5. The summed E-state index contributed by atoms with van der Waals surface area (Å²) in [5.41, 5.74) is 0.482. The SMILES string of the molecule is CCc1nnc(NC(=O)C(C#N)=Cc2cc(Br)c(OCCOc3ccccc3OC)c(OC)c2)s1. The lowest BCUT2D eigenvalue weighted by atomic mass is 10.1. The molecule has 3 aromatic rings. The van der Waals surface area contributed by atoms with Crippen molar-refractivity contribution in [3.8, 4) is 29.1 Å². The van der Waals surface area contributed by atoms with Crippen LogP contribution in [0, 0.1) is 11.3 Å². The average Bonchev–Trinajstić information content (AvgIpc) is 3.33. The van der Waals surface area contributed by atoms with Crippen molar-refractivity contribution in [3.05, 3.63) is 57.0 Å². The van der Waals surface area contributed by atoms with Crippen molar-refractivity contribution in [2.75, 3.05) is 32.8 Å². The van der Waals surface area contributed by atoms with E-state index in [1.54, 1.807) is 19.2 Å². The van der Waals surface area contributed by atoms with Crippen molar-refractivity contribution < 1.29 is 23.7 Å². The topological polar surface area (TPSA) is 116 Å². The molecule has 0 radical (unpaired) electrons. The fourth-order valence-electron chi connectivity index (χ4n) is 2.92. The molecular formula is C24H23BrN4O5S. The number of aryl methyl sites for hydroxylation is 1. The predicted molar refractivity (Wildman–Crippen MR) is 136 cm³/mol. The van der Waals surface area contributed by atoms with E-state index in [0.29, 0.717) is 44.6 Å². The molecule has 0 fully saturated rings. The number of nitrogens with one attached hydrogen (secondary N) is 1. The van der Waals surface area contributed by atoms with E-state index in [-0.39, 0.29) is 18.8 Å². The highest BCUT2D eigenvalue weighted by atomic mass is 79.9. The minimum atomic E-state index is -0.574. The van der Waals surface area contributed by atoms with Gasteiger partial charge in [0.05, 0.1) is 18.7 Å². The molecule has 9 nitrogen and oxygen atoms in total. The molecule has 0 unspecified atom stereocenters. The Hall–Kier alpha value is -3.62. The summed E-state index contributed by atoms with van der Waals surface area (Å²) < 4.78 is 22.9. The van der Waals surface area contributed by atoms with Crippen LogP contribution in [0.2, 0.25) is 0 Å². The number of methoxy groups -OCH3 is 2. The third-order valence-electron chi connectivity index (χ3n) is 4.57. The normalized spacial score (nSPS) is 10.9. The summed E-state index contributed by atoms with van der Waals surface area (Å²) in [5.74, 6) is 1.58. The molecule has 0 atom stereocenters. The highest BCUT2D eigenvalue weighted by Gasteiger charge is 2.15. The molecule has 182 valence electrons. The second-order valence-corrected chi connectivity index (χ2v) is 8.78. The largest absolute Gasteiger partial charge is 0.493 e. The zero-order valence-corrected chi connectivity index (χ0v) is 21.7. The summed E-state index contributed by atoms with van der Waals surface area (Å²) >= 11 is 4.74. The summed E-state index contributed by atoms with van der Waals surface area (Å²) in [6.45, 7) is 2.47. The second kappa shape index (κ2) is 12.7. The van der Waals surface area contributed by atoms with Gasteiger partial charge in [-0.1, -0.05) is 30.4 Å². The molecule has 1 amide bonds. The Morgan fingerprint density at radius 2 is 1.83 bits per heavy atom. The Morgan fingerprint density at radius 3 is 2.49 bits per heavy atom. The molecule has 3 rings (SSSR count). The minimum Gasteiger partial charge on any atom is -0.493 e. The lowest BCUT2D eigenvalue weighted by molar-refractivity contribution is -0.112. The van der Waals surface area contributed by atoms with E-state index in [1.165, 1.54) is 24.5 Å². The van der Waals surface area contributed by atoms with E-state index >= 15 is 0 Å². The fourth-order valence-corrected chi connectivity index (χ4v) is 4.17. The third-order valence-corrected chi connectivity index (χ3v) is 6.15. The number of benzene rings is 2. The summed E-state index contributed by atoms with van der Waals surface area (Å²) in [6.07, 6.45) is 2.17. The van der Waals surface area contributed by atoms with Gasteiger partial charge in [-0.15, -0.1) is 10.2 Å². The van der Waals surface area contributed by atoms with Crippen molar-refractivity contribution >= 4 is 44.4 Å². The molecule has 1 N–H and O–H groups in total. The van der Waals surface area contributed by atoms with Crippen molar-refractivity contribution in [3.63, 3.8) is 0 Å². The first-order valence-corrected chi connectivity index (χ1v) is 12.1. The van der Waals surface area contributed by atoms with Gasteiger partial charge in [0.15, 0.2) is 23.0 Å². The third kappa shape index (κ3) is 6.94. The number of anilines is 1. The highest BCUT2D eigenvalue weighted by molar-refractivity contribution is 9.10. The average molecular weight is 559 g/mol. The Balaban J connectivity index is 1.69. The smallest absolute Gasteiger partial charge is 0.268 e. The lowest BCUT2D eigenvalue weighted by Gasteiger charge is -2.15. The van der Waals surface area contributed by atoms with Crippen LogP contribution in [0.4, 0.5) is 5.13 Å². The molecule has 0 bridgehead atoms. The number of carbonyl (C=O) groups is 1. The first kappa shape index (κ1) is 26.0. The van der Waals surface area contributed by atoms with Crippen LogP contribution in [0.3, 0.4) is 0 Å². The van der Waals surface area contributed by atoms with Crippen molar-refractivity contribution in [2.45, 2.75) is 13.3 Å². The molecule has 0 aliphatic rings. The Bertz CT molecular complexity index is 1250. The lowest BCUT2D eigenvalue weighted by Crippen LogP contribution is -2.13. The number of amides is 1. The van der Waals surface area contributed by atoms with Crippen LogP contribution in [0.25, 0.3) is 6.08 Å². The highest BCUT2D eigenvalue weighted by Crippen LogP contribution is 2.37. The Morgan fingerprint density at radius 1 is 1.11 bits per heavy atom. The molecule has 0 spiro atoms. The van der Waals surface area contributed by atoms with Gasteiger partial charge in [0.2, 0.25) is 5.13 Å². The fraction of sp³-hybridized carbons (Fsp3) is 0.250. The van der Waals surface area contributed by atoms with Gasteiger partial charge >= 0.3 is 0 Å². The Kier molecular flexibility index (Phi) is 9.46. The predicted octanol–water partition coefficient (Wildman–Crippen LogP) is 4.88. The monoisotopic (exact) mass is 558 g/mol. The van der Waals surface area contributed by atoms with E-state index < -0.39 is 5.91 Å². The van der Waals surface area contributed by atoms with E-state index in [4.69, 9.17) is 18.9 Å². The quantitative estimate of drug-likeness (QED) is 0.201. The van der Waals surface area contributed by atoms with Crippen molar-refractivity contribution in [2.24, 2.45) is 0 Å². The van der Waals surface area contributed by atoms with Gasteiger partial charge in [-0.2, -0.15) is 5.26 Å². The molecule has 0 saturated heterocycles. The molecular weight excluding hydrogens is 536 g/mol. The summed E-state index contributed by atoms with van der Waals surface area (Å²) in [5, 5.41) is 21.1. The van der Waals surface area contributed by atoms with Gasteiger partial charge in [0.25, 0.3) is 5.91 Å². The van der Waals surface area contributed by atoms with Crippen LogP contribution >= 0.6 is 27.3 Å². The molecule has 0 saturated carbocycles. The summed E-state index contributed by atoms with van der Waals surface area (Å²) in [6, 6.07) is 12.7. The van der Waals surface area contributed by atoms with E-state index in [2.05, 4.69) is 31.4 Å². The van der Waals surface area contributed by atoms with Gasteiger partial charge < -0.3 is 18.9 Å². The standard InChI is InChI=1S/C24H23BrN4O5S/c1-4-21-28-29-24(35-21)27-23(30)16(14-26)11-15-12-17(25)22(20(13-15)32-3)34-10-9-33-19-8-6-5-7-18(19)31-2/h5-8,11-13H,4,9-10H2,1-3H3,(H,27,29,30). The van der Waals surface area contributed by atoms with Crippen LogP contribution in [-0.4, -0.2) is 43.5 Å². The number of ether oxygens (including phenoxy) is 4. The maximum absolute atomic E-state index is 12.5. The maximum atomic E-state index is 12.5. The maximum Gasteiger partial charge on any atom is 0.268 e. The molecule has 1 aromatic heterocycles. The van der Waals surface area contributed by atoms with E-state index in [0.717, 1.165) is 5.01 Å². The van der Waals surface area contributed by atoms with Crippen molar-refractivity contribution in [1.29, 1.82) is 5.26 Å². The van der Waals surface area contributed by atoms with Crippen LogP contribution < -0.4 is 24.3 Å². The number of carbonyl (C=O) groups excluding carboxylic acids is 1. The number of nitriles is 1. The zero-order valence-electron chi connectivity index (χ0n) is 19.3. The van der Waals surface area contributed by atoms with E-state index in [9.17, 15) is 10.1 Å². The minimum absolute atomic E-state index is 0.0916.